The molecule has 2 atom stereocenters. The van der Waals surface area contributed by atoms with Gasteiger partial charge in [0.1, 0.15) is 23.2 Å². The molecular formula is C26H28N2O3. The summed E-state index contributed by atoms with van der Waals surface area (Å²) in [6, 6.07) is 16.0. The molecule has 1 aromatic heterocycles. The number of benzene rings is 2. The van der Waals surface area contributed by atoms with Crippen molar-refractivity contribution in [2.45, 2.75) is 39.0 Å². The van der Waals surface area contributed by atoms with Gasteiger partial charge < -0.3 is 9.72 Å². The van der Waals surface area contributed by atoms with Crippen LogP contribution in [0.25, 0.3) is 10.9 Å². The number of ether oxygens (including phenoxy) is 1. The zero-order valence-electron chi connectivity index (χ0n) is 18.3. The summed E-state index contributed by atoms with van der Waals surface area (Å²) in [6.45, 7) is 4.10. The number of aromatic amines is 1. The molecule has 4 rings (SSSR count). The van der Waals surface area contributed by atoms with Crippen molar-refractivity contribution in [3.63, 3.8) is 0 Å². The van der Waals surface area contributed by atoms with Crippen LogP contribution < -0.4 is 4.74 Å². The molecule has 1 heterocycles. The van der Waals surface area contributed by atoms with Gasteiger partial charge in [0.2, 0.25) is 0 Å². The highest BCUT2D eigenvalue weighted by Crippen LogP contribution is 2.33. The molecule has 0 amide bonds. The topological polar surface area (TPSA) is 71.5 Å². The van der Waals surface area contributed by atoms with Gasteiger partial charge in [0.05, 0.1) is 7.11 Å². The summed E-state index contributed by atoms with van der Waals surface area (Å²) >= 11 is 0. The van der Waals surface area contributed by atoms with Gasteiger partial charge in [-0.15, -0.1) is 0 Å². The summed E-state index contributed by atoms with van der Waals surface area (Å²) in [4.78, 5) is 33.3. The predicted molar refractivity (Wildman–Crippen MR) is 123 cm³/mol. The van der Waals surface area contributed by atoms with Gasteiger partial charge in [-0.25, -0.2) is 0 Å². The Balaban J connectivity index is 1.58. The number of aromatic nitrogens is 1. The van der Waals surface area contributed by atoms with E-state index >= 15 is 0 Å². The highest BCUT2D eigenvalue weighted by Gasteiger charge is 2.37. The summed E-state index contributed by atoms with van der Waals surface area (Å²) in [5.41, 5.74) is 5.23. The minimum atomic E-state index is -0.691. The first-order valence-corrected chi connectivity index (χ1v) is 10.7. The molecule has 1 fully saturated rings. The van der Waals surface area contributed by atoms with Crippen LogP contribution in [0.15, 0.2) is 53.5 Å². The molecule has 5 heteroatoms. The number of aliphatic imine (C=N–C) groups is 1. The number of fused-ring (bicyclic) bond motifs is 1. The molecule has 31 heavy (non-hydrogen) atoms. The Morgan fingerprint density at radius 3 is 2.65 bits per heavy atom. The highest BCUT2D eigenvalue weighted by atomic mass is 16.5. The van der Waals surface area contributed by atoms with Gasteiger partial charge in [0, 0.05) is 35.3 Å². The number of hydrogen-bond acceptors (Lipinski definition) is 4. The number of methoxy groups -OCH3 is 1. The van der Waals surface area contributed by atoms with E-state index in [0.29, 0.717) is 19.4 Å². The minimum absolute atomic E-state index is 0.0145. The van der Waals surface area contributed by atoms with Crippen LogP contribution in [0, 0.1) is 12.8 Å². The average Bonchev–Trinajstić information content (AvgIpc) is 3.08. The van der Waals surface area contributed by atoms with Crippen molar-refractivity contribution in [2.75, 3.05) is 13.7 Å². The van der Waals surface area contributed by atoms with Crippen molar-refractivity contribution in [3.05, 3.63) is 65.4 Å². The van der Waals surface area contributed by atoms with Crippen LogP contribution in [0.1, 0.15) is 42.5 Å². The molecule has 160 valence electrons. The van der Waals surface area contributed by atoms with Gasteiger partial charge in [-0.3, -0.25) is 14.6 Å². The second-order valence-electron chi connectivity index (χ2n) is 8.29. The third-order valence-electron chi connectivity index (χ3n) is 6.24. The molecule has 1 aliphatic rings. The molecule has 3 aromatic rings. The van der Waals surface area contributed by atoms with Crippen molar-refractivity contribution in [2.24, 2.45) is 10.9 Å². The molecule has 0 saturated heterocycles. The Morgan fingerprint density at radius 2 is 1.94 bits per heavy atom. The molecule has 1 N–H and O–H groups in total. The minimum Gasteiger partial charge on any atom is -0.497 e. The lowest BCUT2D eigenvalue weighted by molar-refractivity contribution is -0.129. The van der Waals surface area contributed by atoms with E-state index in [1.807, 2.05) is 48.5 Å². The van der Waals surface area contributed by atoms with Crippen LogP contribution in [-0.2, 0) is 16.0 Å². The van der Waals surface area contributed by atoms with Crippen molar-refractivity contribution in [1.29, 1.82) is 0 Å². The van der Waals surface area contributed by atoms with Gasteiger partial charge in [-0.2, -0.15) is 0 Å². The fourth-order valence-corrected chi connectivity index (χ4v) is 4.69. The quantitative estimate of drug-likeness (QED) is 0.586. The number of rotatable bonds is 6. The number of carbonyl (C=O) groups excluding carboxylic acids is 2. The molecule has 2 aromatic carbocycles. The van der Waals surface area contributed by atoms with Crippen molar-refractivity contribution in [3.8, 4) is 5.75 Å². The van der Waals surface area contributed by atoms with E-state index in [9.17, 15) is 9.59 Å². The molecule has 0 bridgehead atoms. The maximum absolute atomic E-state index is 12.8. The van der Waals surface area contributed by atoms with E-state index in [2.05, 4.69) is 11.9 Å². The lowest BCUT2D eigenvalue weighted by Crippen LogP contribution is -2.37. The number of aryl methyl sites for hydroxylation is 1. The third kappa shape index (κ3) is 4.31. The van der Waals surface area contributed by atoms with Crippen LogP contribution in [-0.4, -0.2) is 35.9 Å². The molecule has 1 unspecified atom stereocenters. The third-order valence-corrected chi connectivity index (χ3v) is 6.24. The number of hydrogen-bond donors (Lipinski definition) is 1. The van der Waals surface area contributed by atoms with E-state index < -0.39 is 5.92 Å². The van der Waals surface area contributed by atoms with Gasteiger partial charge in [-0.05, 0) is 61.9 Å². The average molecular weight is 417 g/mol. The summed E-state index contributed by atoms with van der Waals surface area (Å²) in [7, 11) is 1.66. The maximum Gasteiger partial charge on any atom is 0.149 e. The first kappa shape index (κ1) is 21.0. The van der Waals surface area contributed by atoms with E-state index in [-0.39, 0.29) is 17.5 Å². The maximum atomic E-state index is 12.8. The summed E-state index contributed by atoms with van der Waals surface area (Å²) in [6.07, 6.45) is 1.78. The number of carbonyl (C=O) groups is 2. The SMILES string of the molecule is COc1ccc2[nH]c(C)c(CCN=C3C[C@@H](c4ccccc4)CC(=O)C3C(C)=O)c2c1. The van der Waals surface area contributed by atoms with E-state index in [1.54, 1.807) is 7.11 Å². The highest BCUT2D eigenvalue weighted by molar-refractivity contribution is 6.22. The standard InChI is InChI=1S/C26H28N2O3/c1-16-21(22-15-20(31-3)9-10-23(22)28-16)11-12-27-24-13-19(18-7-5-4-6-8-18)14-25(30)26(24)17(2)29/h4-10,15,19,26,28H,11-14H2,1-3H3/t19-,26?/m1/s1. The van der Waals surface area contributed by atoms with Crippen LogP contribution in [0.4, 0.5) is 0 Å². The van der Waals surface area contributed by atoms with E-state index in [4.69, 9.17) is 9.73 Å². The number of H-pyrrole nitrogens is 1. The Bertz CT molecular complexity index is 1140. The fourth-order valence-electron chi connectivity index (χ4n) is 4.69. The molecule has 0 spiro atoms. The largest absolute Gasteiger partial charge is 0.497 e. The van der Waals surface area contributed by atoms with Crippen molar-refractivity contribution < 1.29 is 14.3 Å². The molecule has 5 nitrogen and oxygen atoms in total. The number of Topliss-reactive ketones (excluding diaryl/α,β-unsaturated/α-hetero) is 2. The van der Waals surface area contributed by atoms with Crippen LogP contribution in [0.2, 0.25) is 0 Å². The predicted octanol–water partition coefficient (Wildman–Crippen LogP) is 4.82. The number of nitrogens with one attached hydrogen (secondary N) is 1. The number of nitrogens with zero attached hydrogens (tertiary/aromatic N) is 1. The van der Waals surface area contributed by atoms with Gasteiger partial charge >= 0.3 is 0 Å². The second kappa shape index (κ2) is 8.88. The lowest BCUT2D eigenvalue weighted by atomic mass is 9.75. The molecule has 1 saturated carbocycles. The van der Waals surface area contributed by atoms with Crippen molar-refractivity contribution >= 4 is 28.2 Å². The first-order chi connectivity index (χ1) is 15.0. The number of ketones is 2. The zero-order chi connectivity index (χ0) is 22.0. The smallest absolute Gasteiger partial charge is 0.149 e. The van der Waals surface area contributed by atoms with Crippen LogP contribution in [0.3, 0.4) is 0 Å². The second-order valence-corrected chi connectivity index (χ2v) is 8.29. The normalized spacial score (nSPS) is 20.4. The van der Waals surface area contributed by atoms with Gasteiger partial charge in [-0.1, -0.05) is 30.3 Å². The summed E-state index contributed by atoms with van der Waals surface area (Å²) < 4.78 is 5.38. The molecular weight excluding hydrogens is 388 g/mol. The Hall–Kier alpha value is -3.21. The first-order valence-electron chi connectivity index (χ1n) is 10.7. The molecule has 0 radical (unpaired) electrons. The van der Waals surface area contributed by atoms with Crippen LogP contribution in [0.5, 0.6) is 5.75 Å². The molecule has 0 aliphatic heterocycles. The van der Waals surface area contributed by atoms with Gasteiger partial charge in [0.15, 0.2) is 0 Å². The monoisotopic (exact) mass is 416 g/mol. The Kier molecular flexibility index (Phi) is 6.03. The lowest BCUT2D eigenvalue weighted by Gasteiger charge is -2.28. The zero-order valence-corrected chi connectivity index (χ0v) is 18.3. The summed E-state index contributed by atoms with van der Waals surface area (Å²) in [5.74, 6) is 0.0909. The van der Waals surface area contributed by atoms with Gasteiger partial charge in [0.25, 0.3) is 0 Å². The Morgan fingerprint density at radius 1 is 1.16 bits per heavy atom. The molecule has 1 aliphatic carbocycles. The van der Waals surface area contributed by atoms with Crippen LogP contribution >= 0.6 is 0 Å². The summed E-state index contributed by atoms with van der Waals surface area (Å²) in [5, 5.41) is 1.13. The van der Waals surface area contributed by atoms with E-state index in [0.717, 1.165) is 40.0 Å². The Labute approximate surface area is 182 Å². The van der Waals surface area contributed by atoms with Crippen molar-refractivity contribution in [1.82, 2.24) is 4.98 Å². The fraction of sp³-hybridized carbons (Fsp3) is 0.346. The van der Waals surface area contributed by atoms with E-state index in [1.165, 1.54) is 12.5 Å².